The van der Waals surface area contributed by atoms with E-state index >= 15 is 0 Å². The average molecular weight is 329 g/mol. The van der Waals surface area contributed by atoms with E-state index in [2.05, 4.69) is 25.2 Å². The van der Waals surface area contributed by atoms with Gasteiger partial charge in [0.25, 0.3) is 0 Å². The molecule has 0 aromatic carbocycles. The molecule has 0 spiro atoms. The average Bonchev–Trinajstić information content (AvgIpc) is 2.61. The first-order valence-electron chi connectivity index (χ1n) is 8.33. The molecule has 1 atom stereocenters. The highest BCUT2D eigenvalue weighted by atomic mass is 16.5. The number of aliphatic hydroxyl groups excluding tert-OH is 1. The Kier molecular flexibility index (Phi) is 5.43. The zero-order valence-electron chi connectivity index (χ0n) is 13.9. The zero-order chi connectivity index (χ0) is 16.8. The number of nitrogens with one attached hydrogen (secondary N) is 1. The van der Waals surface area contributed by atoms with Crippen LogP contribution in [0.5, 0.6) is 5.88 Å². The van der Waals surface area contributed by atoms with Crippen LogP contribution in [0.2, 0.25) is 0 Å². The second-order valence-electron chi connectivity index (χ2n) is 5.73. The Labute approximate surface area is 141 Å². The van der Waals surface area contributed by atoms with Crippen molar-refractivity contribution in [3.8, 4) is 5.88 Å². The SMILES string of the molecule is CCOc1ncccc1CNc1nccc(N2CCC[C@@H](O)C2)n1. The minimum absolute atomic E-state index is 0.283. The number of anilines is 2. The van der Waals surface area contributed by atoms with Crippen LogP contribution in [0.1, 0.15) is 25.3 Å². The molecule has 3 heterocycles. The molecule has 1 saturated heterocycles. The van der Waals surface area contributed by atoms with Gasteiger partial charge in [-0.15, -0.1) is 0 Å². The molecule has 0 unspecified atom stereocenters. The van der Waals surface area contributed by atoms with Gasteiger partial charge in [-0.05, 0) is 31.9 Å². The number of β-amino-alcohol motifs (C(OH)–C–C–N with tert-alkyl or cyclic N) is 1. The van der Waals surface area contributed by atoms with Gasteiger partial charge in [0.05, 0.1) is 12.7 Å². The van der Waals surface area contributed by atoms with Gasteiger partial charge in [0.2, 0.25) is 11.8 Å². The highest BCUT2D eigenvalue weighted by Gasteiger charge is 2.19. The van der Waals surface area contributed by atoms with E-state index in [-0.39, 0.29) is 6.10 Å². The lowest BCUT2D eigenvalue weighted by atomic mass is 10.1. The van der Waals surface area contributed by atoms with E-state index in [4.69, 9.17) is 4.74 Å². The van der Waals surface area contributed by atoms with Crippen molar-refractivity contribution in [2.75, 3.05) is 29.9 Å². The molecule has 0 bridgehead atoms. The van der Waals surface area contributed by atoms with E-state index in [9.17, 15) is 5.11 Å². The van der Waals surface area contributed by atoms with Gasteiger partial charge >= 0.3 is 0 Å². The van der Waals surface area contributed by atoms with Gasteiger partial charge in [-0.25, -0.2) is 9.97 Å². The van der Waals surface area contributed by atoms with Crippen LogP contribution < -0.4 is 15.0 Å². The van der Waals surface area contributed by atoms with Crippen molar-refractivity contribution < 1.29 is 9.84 Å². The minimum atomic E-state index is -0.283. The maximum atomic E-state index is 9.82. The highest BCUT2D eigenvalue weighted by molar-refractivity contribution is 5.43. The summed E-state index contributed by atoms with van der Waals surface area (Å²) in [6, 6.07) is 5.72. The second kappa shape index (κ2) is 7.92. The summed E-state index contributed by atoms with van der Waals surface area (Å²) in [7, 11) is 0. The summed E-state index contributed by atoms with van der Waals surface area (Å²) in [6.07, 6.45) is 5.00. The summed E-state index contributed by atoms with van der Waals surface area (Å²) in [4.78, 5) is 15.2. The first-order valence-corrected chi connectivity index (χ1v) is 8.33. The van der Waals surface area contributed by atoms with Crippen molar-refractivity contribution in [3.05, 3.63) is 36.2 Å². The van der Waals surface area contributed by atoms with Gasteiger partial charge in [-0.2, -0.15) is 4.98 Å². The summed E-state index contributed by atoms with van der Waals surface area (Å²) in [5.41, 5.74) is 0.960. The lowest BCUT2D eigenvalue weighted by Gasteiger charge is -2.31. The van der Waals surface area contributed by atoms with Crippen molar-refractivity contribution in [1.82, 2.24) is 15.0 Å². The molecule has 2 aromatic heterocycles. The van der Waals surface area contributed by atoms with Gasteiger partial charge in [0, 0.05) is 37.6 Å². The number of hydrogen-bond acceptors (Lipinski definition) is 7. The monoisotopic (exact) mass is 329 g/mol. The molecular weight excluding hydrogens is 306 g/mol. The van der Waals surface area contributed by atoms with Gasteiger partial charge in [-0.3, -0.25) is 0 Å². The molecule has 0 aliphatic carbocycles. The number of aromatic nitrogens is 3. The third-order valence-corrected chi connectivity index (χ3v) is 3.93. The Morgan fingerprint density at radius 1 is 1.33 bits per heavy atom. The lowest BCUT2D eigenvalue weighted by Crippen LogP contribution is -2.38. The Hall–Kier alpha value is -2.41. The Morgan fingerprint density at radius 3 is 3.08 bits per heavy atom. The highest BCUT2D eigenvalue weighted by Crippen LogP contribution is 2.19. The summed E-state index contributed by atoms with van der Waals surface area (Å²) < 4.78 is 5.53. The Balaban J connectivity index is 1.67. The van der Waals surface area contributed by atoms with E-state index in [1.54, 1.807) is 12.4 Å². The molecule has 2 N–H and O–H groups in total. The van der Waals surface area contributed by atoms with Crippen molar-refractivity contribution in [2.24, 2.45) is 0 Å². The smallest absolute Gasteiger partial charge is 0.224 e. The fourth-order valence-electron chi connectivity index (χ4n) is 2.77. The molecule has 1 aliphatic heterocycles. The number of hydrogen-bond donors (Lipinski definition) is 2. The van der Waals surface area contributed by atoms with E-state index in [0.29, 0.717) is 31.5 Å². The Bertz CT molecular complexity index is 667. The van der Waals surface area contributed by atoms with Crippen LogP contribution in [0.15, 0.2) is 30.6 Å². The molecule has 128 valence electrons. The van der Waals surface area contributed by atoms with Gasteiger partial charge in [0.15, 0.2) is 0 Å². The normalized spacial score (nSPS) is 17.6. The minimum Gasteiger partial charge on any atom is -0.478 e. The van der Waals surface area contributed by atoms with Crippen LogP contribution in [0.25, 0.3) is 0 Å². The predicted octanol–water partition coefficient (Wildman–Crippen LogP) is 1.84. The van der Waals surface area contributed by atoms with Crippen molar-refractivity contribution in [1.29, 1.82) is 0 Å². The van der Waals surface area contributed by atoms with Gasteiger partial charge in [0.1, 0.15) is 5.82 Å². The Morgan fingerprint density at radius 2 is 2.25 bits per heavy atom. The number of ether oxygens (including phenoxy) is 1. The van der Waals surface area contributed by atoms with Crippen LogP contribution >= 0.6 is 0 Å². The second-order valence-corrected chi connectivity index (χ2v) is 5.73. The number of pyridine rings is 1. The van der Waals surface area contributed by atoms with Gasteiger partial charge in [-0.1, -0.05) is 6.07 Å². The molecule has 24 heavy (non-hydrogen) atoms. The topological polar surface area (TPSA) is 83.4 Å². The number of nitrogens with zero attached hydrogens (tertiary/aromatic N) is 4. The summed E-state index contributed by atoms with van der Waals surface area (Å²) >= 11 is 0. The predicted molar refractivity (Wildman–Crippen MR) is 92.2 cm³/mol. The summed E-state index contributed by atoms with van der Waals surface area (Å²) in [5.74, 6) is 2.02. The lowest BCUT2D eigenvalue weighted by molar-refractivity contribution is 0.154. The number of aliphatic hydroxyl groups is 1. The molecule has 7 heteroatoms. The first-order chi connectivity index (χ1) is 11.8. The standard InChI is InChI=1S/C17H23N5O2/c1-2-24-16-13(5-3-8-18-16)11-20-17-19-9-7-15(21-17)22-10-4-6-14(23)12-22/h3,5,7-9,14,23H,2,4,6,10-12H2,1H3,(H,19,20,21)/t14-/m1/s1. The van der Waals surface area contributed by atoms with Crippen LogP contribution in [-0.4, -0.2) is 45.9 Å². The first kappa shape index (κ1) is 16.4. The van der Waals surface area contributed by atoms with E-state index in [1.807, 2.05) is 25.1 Å². The van der Waals surface area contributed by atoms with Crippen LogP contribution in [0.4, 0.5) is 11.8 Å². The molecule has 3 rings (SSSR count). The third kappa shape index (κ3) is 4.11. The van der Waals surface area contributed by atoms with Gasteiger partial charge < -0.3 is 20.1 Å². The van der Waals surface area contributed by atoms with Crippen LogP contribution in [0, 0.1) is 0 Å². The molecule has 0 radical (unpaired) electrons. The molecule has 2 aromatic rings. The maximum Gasteiger partial charge on any atom is 0.224 e. The van der Waals surface area contributed by atoms with Crippen molar-refractivity contribution in [3.63, 3.8) is 0 Å². The largest absolute Gasteiger partial charge is 0.478 e. The summed E-state index contributed by atoms with van der Waals surface area (Å²) in [6.45, 7) is 4.58. The zero-order valence-corrected chi connectivity index (χ0v) is 13.9. The van der Waals surface area contributed by atoms with Crippen LogP contribution in [0.3, 0.4) is 0 Å². The number of rotatable bonds is 6. The fourth-order valence-corrected chi connectivity index (χ4v) is 2.77. The van der Waals surface area contributed by atoms with Crippen molar-refractivity contribution >= 4 is 11.8 Å². The van der Waals surface area contributed by atoms with E-state index in [0.717, 1.165) is 30.8 Å². The van der Waals surface area contributed by atoms with Crippen molar-refractivity contribution in [2.45, 2.75) is 32.4 Å². The fraction of sp³-hybridized carbons (Fsp3) is 0.471. The molecular formula is C17H23N5O2. The van der Waals surface area contributed by atoms with E-state index in [1.165, 1.54) is 0 Å². The van der Waals surface area contributed by atoms with Crippen LogP contribution in [-0.2, 0) is 6.54 Å². The quantitative estimate of drug-likeness (QED) is 0.836. The third-order valence-electron chi connectivity index (χ3n) is 3.93. The van der Waals surface area contributed by atoms with E-state index < -0.39 is 0 Å². The molecule has 0 amide bonds. The number of piperidine rings is 1. The molecule has 1 fully saturated rings. The molecule has 0 saturated carbocycles. The summed E-state index contributed by atoms with van der Waals surface area (Å²) in [5, 5.41) is 13.0. The maximum absolute atomic E-state index is 9.82. The molecule has 1 aliphatic rings. The molecule has 7 nitrogen and oxygen atoms in total.